The Morgan fingerprint density at radius 2 is 1.49 bits per heavy atom. The van der Waals surface area contributed by atoms with E-state index in [-0.39, 0.29) is 35.9 Å². The van der Waals surface area contributed by atoms with Crippen molar-refractivity contribution in [2.24, 2.45) is 11.7 Å². The van der Waals surface area contributed by atoms with Crippen LogP contribution in [0.25, 0.3) is 6.08 Å². The van der Waals surface area contributed by atoms with E-state index in [1.807, 2.05) is 0 Å². The first-order valence-electron chi connectivity index (χ1n) is 11.6. The molecule has 0 aliphatic carbocycles. The summed E-state index contributed by atoms with van der Waals surface area (Å²) in [7, 11) is 0. The molecule has 0 bridgehead atoms. The third-order valence-corrected chi connectivity index (χ3v) is 4.86. The van der Waals surface area contributed by atoms with Gasteiger partial charge in [0.05, 0.1) is 18.1 Å². The first kappa shape index (κ1) is 32.0. The largest absolute Gasteiger partial charge is 0.481 e. The Labute approximate surface area is 225 Å². The second kappa shape index (κ2) is 15.3. The molecule has 0 aliphatic rings. The van der Waals surface area contributed by atoms with Gasteiger partial charge in [-0.2, -0.15) is 0 Å². The number of nitrogens with two attached hydrogens (primary N) is 1. The van der Waals surface area contributed by atoms with Gasteiger partial charge in [-0.3, -0.25) is 19.8 Å². The van der Waals surface area contributed by atoms with Crippen LogP contribution >= 0.6 is 0 Å². The first-order chi connectivity index (χ1) is 18.3. The van der Waals surface area contributed by atoms with E-state index in [4.69, 9.17) is 30.5 Å². The van der Waals surface area contributed by atoms with Crippen molar-refractivity contribution >= 4 is 41.8 Å². The van der Waals surface area contributed by atoms with Crippen molar-refractivity contribution in [1.29, 1.82) is 5.41 Å². The highest BCUT2D eigenvalue weighted by molar-refractivity contribution is 6.04. The van der Waals surface area contributed by atoms with Crippen molar-refractivity contribution in [3.8, 4) is 5.75 Å². The standard InChI is InChI=1S/C25H27N3O7.C2H4O2/c1-4-34-23(30)16(3)14-28(25(32)33)22(29)15(2)13-17-5-7-19(8-6-17)24(31)35-20-11-9-18(10-12-20)21(26)27;1-2(3)4/h5-13,16H,4,14H2,1-3H3,(H3,26,27)(H,32,33);1H3,(H,3,4). The van der Waals surface area contributed by atoms with Gasteiger partial charge in [-0.05, 0) is 61.9 Å². The highest BCUT2D eigenvalue weighted by atomic mass is 16.5. The predicted molar refractivity (Wildman–Crippen MR) is 141 cm³/mol. The van der Waals surface area contributed by atoms with Gasteiger partial charge in [0, 0.05) is 24.6 Å². The summed E-state index contributed by atoms with van der Waals surface area (Å²) in [5, 5.41) is 24.2. The number of carboxylic acid groups (broad SMARTS) is 2. The minimum absolute atomic E-state index is 0.0970. The zero-order valence-electron chi connectivity index (χ0n) is 22.0. The van der Waals surface area contributed by atoms with Gasteiger partial charge in [0.15, 0.2) is 0 Å². The number of hydrogen-bond donors (Lipinski definition) is 4. The lowest BCUT2D eigenvalue weighted by Gasteiger charge is -2.21. The topological polar surface area (TPSA) is 197 Å². The van der Waals surface area contributed by atoms with Gasteiger partial charge in [-0.15, -0.1) is 0 Å². The van der Waals surface area contributed by atoms with Crippen LogP contribution in [0, 0.1) is 11.3 Å². The monoisotopic (exact) mass is 541 g/mol. The Kier molecular flexibility index (Phi) is 12.6. The van der Waals surface area contributed by atoms with E-state index in [9.17, 15) is 24.3 Å². The van der Waals surface area contributed by atoms with E-state index in [1.165, 1.54) is 44.2 Å². The highest BCUT2D eigenvalue weighted by Crippen LogP contribution is 2.16. The number of carbonyl (C=O) groups is 5. The Morgan fingerprint density at radius 1 is 0.974 bits per heavy atom. The van der Waals surface area contributed by atoms with Gasteiger partial charge in [0.2, 0.25) is 0 Å². The molecule has 2 aromatic rings. The van der Waals surface area contributed by atoms with Crippen LogP contribution in [0.1, 0.15) is 49.2 Å². The van der Waals surface area contributed by atoms with E-state index in [0.717, 1.165) is 6.92 Å². The Bertz CT molecular complexity index is 1230. The van der Waals surface area contributed by atoms with Crippen LogP contribution in [-0.2, 0) is 19.1 Å². The number of amidine groups is 1. The minimum atomic E-state index is -1.48. The quantitative estimate of drug-likeness (QED) is 0.120. The molecule has 39 heavy (non-hydrogen) atoms. The molecule has 5 N–H and O–H groups in total. The van der Waals surface area contributed by atoms with Crippen molar-refractivity contribution in [1.82, 2.24) is 4.90 Å². The van der Waals surface area contributed by atoms with Gasteiger partial charge in [0.25, 0.3) is 11.9 Å². The summed E-state index contributed by atoms with van der Waals surface area (Å²) in [6.07, 6.45) is -0.00330. The molecule has 0 aromatic heterocycles. The zero-order chi connectivity index (χ0) is 29.7. The van der Waals surface area contributed by atoms with E-state index < -0.39 is 35.8 Å². The number of nitrogens with one attached hydrogen (secondary N) is 1. The van der Waals surface area contributed by atoms with Crippen LogP contribution in [0.3, 0.4) is 0 Å². The van der Waals surface area contributed by atoms with Crippen molar-refractivity contribution in [2.75, 3.05) is 13.2 Å². The molecule has 2 rings (SSSR count). The molecule has 0 heterocycles. The molecule has 1 unspecified atom stereocenters. The van der Waals surface area contributed by atoms with Crippen molar-refractivity contribution in [2.45, 2.75) is 27.7 Å². The molecular weight excluding hydrogens is 510 g/mol. The van der Waals surface area contributed by atoms with Crippen LogP contribution in [0.4, 0.5) is 4.79 Å². The summed E-state index contributed by atoms with van der Waals surface area (Å²) in [5.41, 5.74) is 6.85. The average Bonchev–Trinajstić information content (AvgIpc) is 2.87. The van der Waals surface area contributed by atoms with E-state index >= 15 is 0 Å². The molecule has 0 spiro atoms. The van der Waals surface area contributed by atoms with Crippen LogP contribution in [0.15, 0.2) is 54.1 Å². The number of imide groups is 1. The lowest BCUT2D eigenvalue weighted by molar-refractivity contribution is -0.148. The summed E-state index contributed by atoms with van der Waals surface area (Å²) < 4.78 is 10.2. The number of esters is 2. The number of amides is 2. The van der Waals surface area contributed by atoms with Crippen LogP contribution in [0.2, 0.25) is 0 Å². The molecule has 0 fully saturated rings. The fourth-order valence-electron chi connectivity index (χ4n) is 2.99. The molecule has 2 aromatic carbocycles. The highest BCUT2D eigenvalue weighted by Gasteiger charge is 2.27. The molecule has 2 amide bonds. The summed E-state index contributed by atoms with van der Waals surface area (Å²) in [5.74, 6) is -3.42. The van der Waals surface area contributed by atoms with E-state index in [1.54, 1.807) is 31.2 Å². The summed E-state index contributed by atoms with van der Waals surface area (Å²) in [4.78, 5) is 58.0. The van der Waals surface area contributed by atoms with Crippen LogP contribution in [-0.4, -0.2) is 64.0 Å². The van der Waals surface area contributed by atoms with Gasteiger partial charge >= 0.3 is 18.0 Å². The number of benzene rings is 2. The van der Waals surface area contributed by atoms with Crippen molar-refractivity contribution in [3.63, 3.8) is 0 Å². The Balaban J connectivity index is 0.00000177. The molecule has 0 saturated carbocycles. The Morgan fingerprint density at radius 3 is 1.95 bits per heavy atom. The number of aliphatic carboxylic acids is 1. The number of nitrogens with zero attached hydrogens (tertiary/aromatic N) is 1. The lowest BCUT2D eigenvalue weighted by Crippen LogP contribution is -2.41. The predicted octanol–water partition coefficient (Wildman–Crippen LogP) is 3.39. The van der Waals surface area contributed by atoms with Crippen LogP contribution in [0.5, 0.6) is 5.75 Å². The third-order valence-electron chi connectivity index (χ3n) is 4.86. The fraction of sp³-hybridized carbons (Fsp3) is 0.259. The molecule has 0 aliphatic heterocycles. The van der Waals surface area contributed by atoms with Gasteiger partial charge < -0.3 is 25.4 Å². The molecule has 0 radical (unpaired) electrons. The summed E-state index contributed by atoms with van der Waals surface area (Å²) in [6, 6.07) is 12.4. The van der Waals surface area contributed by atoms with Crippen LogP contribution < -0.4 is 10.5 Å². The summed E-state index contributed by atoms with van der Waals surface area (Å²) in [6.45, 7) is 5.47. The van der Waals surface area contributed by atoms with Crippen molar-refractivity contribution < 1.29 is 43.7 Å². The maximum Gasteiger partial charge on any atom is 0.414 e. The maximum atomic E-state index is 12.7. The zero-order valence-corrected chi connectivity index (χ0v) is 22.0. The van der Waals surface area contributed by atoms with Crippen molar-refractivity contribution in [3.05, 3.63) is 70.8 Å². The van der Waals surface area contributed by atoms with Gasteiger partial charge in [-0.25, -0.2) is 14.5 Å². The fourth-order valence-corrected chi connectivity index (χ4v) is 2.99. The third kappa shape index (κ3) is 10.9. The number of nitrogen functional groups attached to an aromatic ring is 1. The molecular formula is C27H31N3O9. The number of rotatable bonds is 9. The van der Waals surface area contributed by atoms with E-state index in [0.29, 0.717) is 16.0 Å². The number of ether oxygens (including phenoxy) is 2. The van der Waals surface area contributed by atoms with E-state index in [2.05, 4.69) is 0 Å². The molecule has 12 nitrogen and oxygen atoms in total. The SMILES string of the molecule is CC(=O)O.CCOC(=O)C(C)CN(C(=O)O)C(=O)C(C)=Cc1ccc(C(=O)Oc2ccc(C(=N)N)cc2)cc1. The Hall–Kier alpha value is -5.00. The summed E-state index contributed by atoms with van der Waals surface area (Å²) >= 11 is 0. The number of hydrogen-bond acceptors (Lipinski definition) is 8. The lowest BCUT2D eigenvalue weighted by atomic mass is 10.1. The molecule has 1 atom stereocenters. The second-order valence-corrected chi connectivity index (χ2v) is 8.15. The first-order valence-corrected chi connectivity index (χ1v) is 11.6. The minimum Gasteiger partial charge on any atom is -0.481 e. The average molecular weight is 542 g/mol. The number of carboxylic acids is 1. The second-order valence-electron chi connectivity index (χ2n) is 8.15. The van der Waals surface area contributed by atoms with Gasteiger partial charge in [0.1, 0.15) is 11.6 Å². The number of carbonyl (C=O) groups excluding carboxylic acids is 3. The normalized spacial score (nSPS) is 11.2. The molecule has 208 valence electrons. The smallest absolute Gasteiger partial charge is 0.414 e. The molecule has 0 saturated heterocycles. The molecule has 12 heteroatoms. The maximum absolute atomic E-state index is 12.7. The van der Waals surface area contributed by atoms with Gasteiger partial charge in [-0.1, -0.05) is 19.1 Å².